The molecule has 2 aliphatic heterocycles. The van der Waals surface area contributed by atoms with Crippen molar-refractivity contribution >= 4 is 29.4 Å². The van der Waals surface area contributed by atoms with E-state index < -0.39 is 6.03 Å². The predicted octanol–water partition coefficient (Wildman–Crippen LogP) is 5.73. The summed E-state index contributed by atoms with van der Waals surface area (Å²) in [7, 11) is 1.89. The van der Waals surface area contributed by atoms with E-state index in [-0.39, 0.29) is 24.8 Å². The number of nitrogens with one attached hydrogen (secondary N) is 1. The summed E-state index contributed by atoms with van der Waals surface area (Å²) in [4.78, 5) is 32.5. The number of hydrogen-bond donors (Lipinski definition) is 1. The molecule has 0 aliphatic carbocycles. The van der Waals surface area contributed by atoms with Crippen molar-refractivity contribution in [2.75, 3.05) is 11.4 Å². The van der Waals surface area contributed by atoms with Crippen LogP contribution in [0.5, 0.6) is 5.75 Å². The minimum atomic E-state index is -0.425. The zero-order valence-corrected chi connectivity index (χ0v) is 23.5. The Hall–Kier alpha value is -4.21. The maximum absolute atomic E-state index is 14.0. The van der Waals surface area contributed by atoms with Crippen LogP contribution in [0.1, 0.15) is 34.2 Å². The summed E-state index contributed by atoms with van der Waals surface area (Å²) < 4.78 is 21.7. The van der Waals surface area contributed by atoms with Crippen LogP contribution in [-0.4, -0.2) is 32.9 Å². The molecule has 2 aliphatic rings. The lowest BCUT2D eigenvalue weighted by atomic mass is 10.0. The standard InChI is InChI=1S/C31H29ClFN5O3/c1-19-12-21-16-37(15-20-6-8-23(9-7-20)41-18-25-26(32)4-3-5-27(25)33)17-22(21)13-24(19)30-34-14-29(36(30)2)38-11-10-28(39)35-31(38)40/h3-9,12-14H,10-11,15-18H2,1-2H3,(H,35,39,40). The molecule has 0 unspecified atom stereocenters. The molecule has 0 atom stereocenters. The number of urea groups is 1. The number of aromatic nitrogens is 2. The molecule has 1 N–H and O–H groups in total. The summed E-state index contributed by atoms with van der Waals surface area (Å²) in [6.07, 6.45) is 1.94. The minimum Gasteiger partial charge on any atom is -0.489 e. The molecule has 0 spiro atoms. The van der Waals surface area contributed by atoms with E-state index in [0.717, 1.165) is 42.1 Å². The highest BCUT2D eigenvalue weighted by Crippen LogP contribution is 2.33. The van der Waals surface area contributed by atoms with Crippen LogP contribution in [0.3, 0.4) is 0 Å². The van der Waals surface area contributed by atoms with Crippen molar-refractivity contribution in [2.24, 2.45) is 7.05 Å². The quantitative estimate of drug-likeness (QED) is 0.305. The highest BCUT2D eigenvalue weighted by molar-refractivity contribution is 6.31. The van der Waals surface area contributed by atoms with Crippen LogP contribution >= 0.6 is 11.6 Å². The van der Waals surface area contributed by atoms with E-state index in [2.05, 4.69) is 34.3 Å². The van der Waals surface area contributed by atoms with Gasteiger partial charge in [-0.1, -0.05) is 35.9 Å². The molecular weight excluding hydrogens is 545 g/mol. The van der Waals surface area contributed by atoms with Crippen LogP contribution < -0.4 is 15.0 Å². The maximum Gasteiger partial charge on any atom is 0.329 e. The Labute approximate surface area is 242 Å². The molecule has 3 heterocycles. The van der Waals surface area contributed by atoms with Gasteiger partial charge in [0, 0.05) is 50.8 Å². The lowest BCUT2D eigenvalue weighted by Crippen LogP contribution is -2.50. The number of imide groups is 1. The van der Waals surface area contributed by atoms with Crippen molar-refractivity contribution in [2.45, 2.75) is 39.6 Å². The van der Waals surface area contributed by atoms with Gasteiger partial charge in [0.15, 0.2) is 0 Å². The van der Waals surface area contributed by atoms with E-state index in [1.807, 2.05) is 35.9 Å². The molecule has 8 nitrogen and oxygen atoms in total. The normalized spacial score (nSPS) is 15.3. The van der Waals surface area contributed by atoms with Crippen LogP contribution in [0.4, 0.5) is 15.0 Å². The van der Waals surface area contributed by atoms with Crippen molar-refractivity contribution in [3.05, 3.63) is 99.5 Å². The van der Waals surface area contributed by atoms with Gasteiger partial charge in [0.25, 0.3) is 0 Å². The van der Waals surface area contributed by atoms with Gasteiger partial charge in [-0.25, -0.2) is 14.2 Å². The fourth-order valence-corrected chi connectivity index (χ4v) is 5.67. The third-order valence-corrected chi connectivity index (χ3v) is 8.00. The first-order valence-electron chi connectivity index (χ1n) is 13.4. The molecule has 3 aromatic carbocycles. The number of halogens is 2. The van der Waals surface area contributed by atoms with E-state index in [0.29, 0.717) is 28.7 Å². The average molecular weight is 574 g/mol. The van der Waals surface area contributed by atoms with E-state index in [1.165, 1.54) is 17.2 Å². The number of benzene rings is 3. The number of amides is 3. The van der Waals surface area contributed by atoms with E-state index >= 15 is 0 Å². The second-order valence-electron chi connectivity index (χ2n) is 10.5. The van der Waals surface area contributed by atoms with Gasteiger partial charge in [-0.15, -0.1) is 0 Å². The predicted molar refractivity (Wildman–Crippen MR) is 154 cm³/mol. The maximum atomic E-state index is 14.0. The third kappa shape index (κ3) is 5.42. The van der Waals surface area contributed by atoms with Crippen molar-refractivity contribution < 1.29 is 18.7 Å². The summed E-state index contributed by atoms with van der Waals surface area (Å²) in [6.45, 7) is 4.89. The van der Waals surface area contributed by atoms with Gasteiger partial charge >= 0.3 is 6.03 Å². The molecule has 41 heavy (non-hydrogen) atoms. The van der Waals surface area contributed by atoms with Gasteiger partial charge in [-0.2, -0.15) is 0 Å². The first kappa shape index (κ1) is 27.0. The number of anilines is 1. The van der Waals surface area contributed by atoms with Crippen molar-refractivity contribution in [1.29, 1.82) is 0 Å². The molecular formula is C31H29ClFN5O3. The first-order chi connectivity index (χ1) is 19.8. The smallest absolute Gasteiger partial charge is 0.329 e. The number of rotatable bonds is 7. The zero-order valence-electron chi connectivity index (χ0n) is 22.8. The number of carbonyl (C=O) groups is 2. The van der Waals surface area contributed by atoms with Gasteiger partial charge in [0.2, 0.25) is 5.91 Å². The number of imidazole rings is 1. The molecule has 10 heteroatoms. The van der Waals surface area contributed by atoms with Crippen molar-refractivity contribution in [3.8, 4) is 17.1 Å². The molecule has 1 aromatic heterocycles. The van der Waals surface area contributed by atoms with Crippen LogP contribution in [0.25, 0.3) is 11.4 Å². The van der Waals surface area contributed by atoms with Crippen molar-refractivity contribution in [3.63, 3.8) is 0 Å². The van der Waals surface area contributed by atoms with E-state index in [4.69, 9.17) is 16.3 Å². The van der Waals surface area contributed by atoms with Gasteiger partial charge in [0.1, 0.15) is 29.8 Å². The van der Waals surface area contributed by atoms with Crippen LogP contribution in [-0.2, 0) is 38.1 Å². The Balaban J connectivity index is 1.12. The second-order valence-corrected chi connectivity index (χ2v) is 10.9. The Kier molecular flexibility index (Phi) is 7.23. The number of carbonyl (C=O) groups excluding carboxylic acids is 2. The highest BCUT2D eigenvalue weighted by Gasteiger charge is 2.28. The number of ether oxygens (including phenoxy) is 1. The second kappa shape index (κ2) is 11.0. The fourth-order valence-electron chi connectivity index (χ4n) is 5.46. The lowest BCUT2D eigenvalue weighted by Gasteiger charge is -2.26. The Morgan fingerprint density at radius 2 is 1.83 bits per heavy atom. The number of nitrogens with zero attached hydrogens (tertiary/aromatic N) is 4. The largest absolute Gasteiger partial charge is 0.489 e. The van der Waals surface area contributed by atoms with Crippen LogP contribution in [0, 0.1) is 12.7 Å². The van der Waals surface area contributed by atoms with Gasteiger partial charge in [0.05, 0.1) is 11.2 Å². The summed E-state index contributed by atoms with van der Waals surface area (Å²) in [5.74, 6) is 1.44. The Morgan fingerprint density at radius 1 is 1.07 bits per heavy atom. The zero-order chi connectivity index (χ0) is 28.7. The van der Waals surface area contributed by atoms with Crippen molar-refractivity contribution in [1.82, 2.24) is 19.8 Å². The molecule has 0 saturated carbocycles. The van der Waals surface area contributed by atoms with Crippen LogP contribution in [0.2, 0.25) is 5.02 Å². The Morgan fingerprint density at radius 3 is 2.56 bits per heavy atom. The minimum absolute atomic E-state index is 0.0658. The Bertz CT molecular complexity index is 1630. The molecule has 4 aromatic rings. The topological polar surface area (TPSA) is 79.7 Å². The number of fused-ring (bicyclic) bond motifs is 1. The summed E-state index contributed by atoms with van der Waals surface area (Å²) in [5.41, 5.74) is 6.16. The lowest BCUT2D eigenvalue weighted by molar-refractivity contribution is -0.120. The first-order valence-corrected chi connectivity index (χ1v) is 13.8. The molecule has 0 radical (unpaired) electrons. The third-order valence-electron chi connectivity index (χ3n) is 7.64. The molecule has 210 valence electrons. The van der Waals surface area contributed by atoms with E-state index in [9.17, 15) is 14.0 Å². The summed E-state index contributed by atoms with van der Waals surface area (Å²) in [6, 6.07) is 16.4. The summed E-state index contributed by atoms with van der Waals surface area (Å²) >= 11 is 6.10. The molecule has 1 fully saturated rings. The SMILES string of the molecule is Cc1cc2c(cc1-c1ncc(N3CCC(=O)NC3=O)n1C)CN(Cc1ccc(OCc3c(F)cccc3Cl)cc1)C2. The average Bonchev–Trinajstić information content (AvgIpc) is 3.50. The molecule has 3 amide bonds. The summed E-state index contributed by atoms with van der Waals surface area (Å²) in [5, 5.41) is 2.72. The fraction of sp³-hybridized carbons (Fsp3) is 0.258. The molecule has 1 saturated heterocycles. The molecule has 0 bridgehead atoms. The van der Waals surface area contributed by atoms with Gasteiger partial charge in [-0.05, 0) is 59.5 Å². The van der Waals surface area contributed by atoms with Gasteiger partial charge in [-0.3, -0.25) is 19.9 Å². The van der Waals surface area contributed by atoms with Crippen LogP contribution in [0.15, 0.2) is 60.8 Å². The number of hydrogen-bond acceptors (Lipinski definition) is 5. The van der Waals surface area contributed by atoms with E-state index in [1.54, 1.807) is 23.2 Å². The monoisotopic (exact) mass is 573 g/mol. The highest BCUT2D eigenvalue weighted by atomic mass is 35.5. The van der Waals surface area contributed by atoms with Gasteiger partial charge < -0.3 is 9.30 Å². The molecule has 6 rings (SSSR count). The number of aryl methyl sites for hydroxylation is 1.